The molecule has 0 aliphatic rings. The van der Waals surface area contributed by atoms with E-state index in [9.17, 15) is 4.39 Å². The van der Waals surface area contributed by atoms with Gasteiger partial charge >= 0.3 is 0 Å². The van der Waals surface area contributed by atoms with E-state index in [0.717, 1.165) is 30.3 Å². The lowest BCUT2D eigenvalue weighted by atomic mass is 10.2. The molecular formula is C16H21FN4. The highest BCUT2D eigenvalue weighted by molar-refractivity contribution is 5.59. The first-order valence-electron chi connectivity index (χ1n) is 7.24. The van der Waals surface area contributed by atoms with E-state index < -0.39 is 0 Å². The number of hydrogen-bond acceptors (Lipinski definition) is 4. The highest BCUT2D eigenvalue weighted by Crippen LogP contribution is 2.20. The molecule has 2 aromatic rings. The highest BCUT2D eigenvalue weighted by Gasteiger charge is 2.08. The molecule has 1 heterocycles. The summed E-state index contributed by atoms with van der Waals surface area (Å²) >= 11 is 0. The number of benzene rings is 1. The van der Waals surface area contributed by atoms with Gasteiger partial charge in [0.1, 0.15) is 23.3 Å². The van der Waals surface area contributed by atoms with E-state index in [4.69, 9.17) is 0 Å². The quantitative estimate of drug-likeness (QED) is 0.832. The summed E-state index contributed by atoms with van der Waals surface area (Å²) in [5.74, 6) is 2.28. The smallest absolute Gasteiger partial charge is 0.136 e. The van der Waals surface area contributed by atoms with E-state index >= 15 is 0 Å². The van der Waals surface area contributed by atoms with Crippen molar-refractivity contribution >= 4 is 17.3 Å². The summed E-state index contributed by atoms with van der Waals surface area (Å²) in [5, 5.41) is 6.46. The van der Waals surface area contributed by atoms with E-state index in [2.05, 4.69) is 41.4 Å². The van der Waals surface area contributed by atoms with Crippen molar-refractivity contribution in [3.05, 3.63) is 42.0 Å². The lowest BCUT2D eigenvalue weighted by Gasteiger charge is -2.12. The molecule has 0 amide bonds. The number of anilines is 3. The van der Waals surface area contributed by atoms with Crippen LogP contribution in [0.25, 0.3) is 0 Å². The van der Waals surface area contributed by atoms with Gasteiger partial charge in [0.05, 0.1) is 0 Å². The van der Waals surface area contributed by atoms with Crippen molar-refractivity contribution in [3.63, 3.8) is 0 Å². The Morgan fingerprint density at radius 3 is 2.38 bits per heavy atom. The van der Waals surface area contributed by atoms with Crippen LogP contribution in [0.3, 0.4) is 0 Å². The fourth-order valence-corrected chi connectivity index (χ4v) is 1.81. The van der Waals surface area contributed by atoms with Gasteiger partial charge in [-0.3, -0.25) is 0 Å². The van der Waals surface area contributed by atoms with Crippen molar-refractivity contribution in [2.24, 2.45) is 0 Å². The minimum Gasteiger partial charge on any atom is -0.370 e. The molecule has 1 aromatic carbocycles. The predicted molar refractivity (Wildman–Crippen MR) is 84.6 cm³/mol. The molecule has 0 aliphatic carbocycles. The molecule has 0 saturated carbocycles. The Morgan fingerprint density at radius 2 is 1.76 bits per heavy atom. The van der Waals surface area contributed by atoms with Gasteiger partial charge in [0.15, 0.2) is 0 Å². The van der Waals surface area contributed by atoms with E-state index in [1.54, 1.807) is 12.1 Å². The lowest BCUT2D eigenvalue weighted by molar-refractivity contribution is 0.628. The van der Waals surface area contributed by atoms with E-state index in [1.165, 1.54) is 12.1 Å². The number of aromatic nitrogens is 2. The van der Waals surface area contributed by atoms with Gasteiger partial charge in [0, 0.05) is 24.2 Å². The first kappa shape index (κ1) is 15.2. The van der Waals surface area contributed by atoms with E-state index in [1.807, 2.05) is 6.07 Å². The van der Waals surface area contributed by atoms with Crippen LogP contribution in [0, 0.1) is 5.82 Å². The third kappa shape index (κ3) is 4.41. The zero-order valence-corrected chi connectivity index (χ0v) is 12.7. The third-order valence-corrected chi connectivity index (χ3v) is 2.93. The lowest BCUT2D eigenvalue weighted by Crippen LogP contribution is -2.08. The maximum atomic E-state index is 12.9. The summed E-state index contributed by atoms with van der Waals surface area (Å²) in [6.45, 7) is 7.08. The predicted octanol–water partition coefficient (Wildman–Crippen LogP) is 4.30. The largest absolute Gasteiger partial charge is 0.370 e. The van der Waals surface area contributed by atoms with Gasteiger partial charge in [-0.1, -0.05) is 20.8 Å². The summed E-state index contributed by atoms with van der Waals surface area (Å²) in [6.07, 6.45) is 1.03. The zero-order valence-electron chi connectivity index (χ0n) is 12.7. The molecule has 0 radical (unpaired) electrons. The van der Waals surface area contributed by atoms with Crippen molar-refractivity contribution in [2.45, 2.75) is 33.1 Å². The Morgan fingerprint density at radius 1 is 1.10 bits per heavy atom. The van der Waals surface area contributed by atoms with Crippen molar-refractivity contribution in [1.82, 2.24) is 9.97 Å². The fourth-order valence-electron chi connectivity index (χ4n) is 1.81. The summed E-state index contributed by atoms with van der Waals surface area (Å²) < 4.78 is 12.9. The molecule has 0 unspecified atom stereocenters. The van der Waals surface area contributed by atoms with Crippen LogP contribution in [0.2, 0.25) is 0 Å². The molecule has 0 fully saturated rings. The van der Waals surface area contributed by atoms with Gasteiger partial charge in [-0.15, -0.1) is 0 Å². The second-order valence-corrected chi connectivity index (χ2v) is 5.21. The molecule has 2 N–H and O–H groups in total. The Hall–Kier alpha value is -2.17. The summed E-state index contributed by atoms with van der Waals surface area (Å²) in [6, 6.07) is 8.08. The average Bonchev–Trinajstić information content (AvgIpc) is 2.47. The second-order valence-electron chi connectivity index (χ2n) is 5.21. The number of nitrogens with zero attached hydrogens (tertiary/aromatic N) is 2. The maximum Gasteiger partial charge on any atom is 0.136 e. The SMILES string of the molecule is CCCNc1cc(Nc2ccc(F)cc2)nc(C(C)C)n1. The second kappa shape index (κ2) is 7.02. The van der Waals surface area contributed by atoms with Crippen molar-refractivity contribution in [3.8, 4) is 0 Å². The Kier molecular flexibility index (Phi) is 5.09. The number of rotatable bonds is 6. The monoisotopic (exact) mass is 288 g/mol. The molecule has 112 valence electrons. The first-order chi connectivity index (χ1) is 10.1. The third-order valence-electron chi connectivity index (χ3n) is 2.93. The van der Waals surface area contributed by atoms with E-state index in [-0.39, 0.29) is 11.7 Å². The Balaban J connectivity index is 2.24. The molecule has 5 heteroatoms. The zero-order chi connectivity index (χ0) is 15.2. The molecule has 21 heavy (non-hydrogen) atoms. The van der Waals surface area contributed by atoms with Crippen LogP contribution in [0.1, 0.15) is 38.9 Å². The minimum atomic E-state index is -0.253. The molecule has 0 aliphatic heterocycles. The van der Waals surface area contributed by atoms with Crippen LogP contribution in [-0.2, 0) is 0 Å². The number of nitrogens with one attached hydrogen (secondary N) is 2. The fraction of sp³-hybridized carbons (Fsp3) is 0.375. The summed E-state index contributed by atoms with van der Waals surface area (Å²) in [5.41, 5.74) is 0.797. The van der Waals surface area contributed by atoms with Gasteiger partial charge < -0.3 is 10.6 Å². The maximum absolute atomic E-state index is 12.9. The molecule has 0 saturated heterocycles. The van der Waals surface area contributed by atoms with Gasteiger partial charge in [-0.05, 0) is 30.7 Å². The number of hydrogen-bond donors (Lipinski definition) is 2. The van der Waals surface area contributed by atoms with Gasteiger partial charge in [-0.25, -0.2) is 14.4 Å². The molecule has 1 aromatic heterocycles. The minimum absolute atomic E-state index is 0.238. The van der Waals surface area contributed by atoms with Crippen LogP contribution in [0.15, 0.2) is 30.3 Å². The normalized spacial score (nSPS) is 10.7. The van der Waals surface area contributed by atoms with Crippen molar-refractivity contribution in [1.29, 1.82) is 0 Å². The Labute approximate surface area is 124 Å². The molecular weight excluding hydrogens is 267 g/mol. The average molecular weight is 288 g/mol. The van der Waals surface area contributed by atoms with Crippen molar-refractivity contribution < 1.29 is 4.39 Å². The molecule has 4 nitrogen and oxygen atoms in total. The van der Waals surface area contributed by atoms with Gasteiger partial charge in [0.25, 0.3) is 0 Å². The van der Waals surface area contributed by atoms with E-state index in [0.29, 0.717) is 5.82 Å². The molecule has 0 spiro atoms. The topological polar surface area (TPSA) is 49.8 Å². The summed E-state index contributed by atoms with van der Waals surface area (Å²) in [7, 11) is 0. The van der Waals surface area contributed by atoms with Crippen LogP contribution in [-0.4, -0.2) is 16.5 Å². The molecule has 0 atom stereocenters. The highest BCUT2D eigenvalue weighted by atomic mass is 19.1. The van der Waals surface area contributed by atoms with Crippen LogP contribution in [0.5, 0.6) is 0 Å². The number of halogens is 1. The molecule has 2 rings (SSSR count). The summed E-state index contributed by atoms with van der Waals surface area (Å²) in [4.78, 5) is 9.01. The van der Waals surface area contributed by atoms with Crippen LogP contribution < -0.4 is 10.6 Å². The van der Waals surface area contributed by atoms with Crippen LogP contribution >= 0.6 is 0 Å². The Bertz CT molecular complexity index is 581. The van der Waals surface area contributed by atoms with Gasteiger partial charge in [0.2, 0.25) is 0 Å². The van der Waals surface area contributed by atoms with Crippen molar-refractivity contribution in [2.75, 3.05) is 17.2 Å². The standard InChI is InChI=1S/C16H21FN4/c1-4-9-18-14-10-15(21-16(20-14)11(2)3)19-13-7-5-12(17)6-8-13/h5-8,10-11H,4,9H2,1-3H3,(H2,18,19,20,21). The first-order valence-corrected chi connectivity index (χ1v) is 7.24. The molecule has 0 bridgehead atoms. The van der Waals surface area contributed by atoms with Gasteiger partial charge in [-0.2, -0.15) is 0 Å². The van der Waals surface area contributed by atoms with Crippen LogP contribution in [0.4, 0.5) is 21.7 Å².